The van der Waals surface area contributed by atoms with Crippen molar-refractivity contribution >= 4 is 17.0 Å². The Morgan fingerprint density at radius 2 is 2.15 bits per heavy atom. The van der Waals surface area contributed by atoms with Crippen molar-refractivity contribution in [1.82, 2.24) is 9.55 Å². The minimum absolute atomic E-state index is 0.330. The largest absolute Gasteiger partial charge is 0.465 e. The zero-order chi connectivity index (χ0) is 14.5. The number of hydrogen-bond donors (Lipinski definition) is 0. The Balaban J connectivity index is 2.50. The summed E-state index contributed by atoms with van der Waals surface area (Å²) in [5, 5.41) is 0. The first-order chi connectivity index (χ1) is 9.71. The Morgan fingerprint density at radius 3 is 2.80 bits per heavy atom. The number of nitrogens with zero attached hydrogens (tertiary/aromatic N) is 2. The SMILES string of the molecule is CCCc1nc2ccc(C(=O)OC)cc2n1CCOC. The molecule has 108 valence electrons. The number of ether oxygens (including phenoxy) is 2. The third-order valence-electron chi connectivity index (χ3n) is 3.24. The molecule has 0 saturated heterocycles. The van der Waals surface area contributed by atoms with E-state index in [1.807, 2.05) is 12.1 Å². The second-order valence-corrected chi connectivity index (χ2v) is 4.62. The molecular formula is C15H20N2O3. The van der Waals surface area contributed by atoms with Crippen molar-refractivity contribution < 1.29 is 14.3 Å². The van der Waals surface area contributed by atoms with Gasteiger partial charge in [-0.25, -0.2) is 9.78 Å². The van der Waals surface area contributed by atoms with Gasteiger partial charge in [-0.1, -0.05) is 6.92 Å². The topological polar surface area (TPSA) is 53.3 Å². The number of carbonyl (C=O) groups excluding carboxylic acids is 1. The molecule has 0 atom stereocenters. The summed E-state index contributed by atoms with van der Waals surface area (Å²) in [4.78, 5) is 16.3. The molecule has 0 aliphatic rings. The van der Waals surface area contributed by atoms with E-state index < -0.39 is 0 Å². The van der Waals surface area contributed by atoms with Gasteiger partial charge in [0.25, 0.3) is 0 Å². The van der Waals surface area contributed by atoms with Crippen molar-refractivity contribution in [3.8, 4) is 0 Å². The van der Waals surface area contributed by atoms with Gasteiger partial charge in [-0.15, -0.1) is 0 Å². The van der Waals surface area contributed by atoms with Crippen LogP contribution in [0.25, 0.3) is 11.0 Å². The van der Waals surface area contributed by atoms with Crippen LogP contribution in [0, 0.1) is 0 Å². The number of methoxy groups -OCH3 is 2. The number of aryl methyl sites for hydroxylation is 1. The average Bonchev–Trinajstić information content (AvgIpc) is 2.81. The predicted molar refractivity (Wildman–Crippen MR) is 76.9 cm³/mol. The van der Waals surface area contributed by atoms with Gasteiger partial charge >= 0.3 is 5.97 Å². The van der Waals surface area contributed by atoms with Crippen LogP contribution in [0.5, 0.6) is 0 Å². The van der Waals surface area contributed by atoms with E-state index in [-0.39, 0.29) is 5.97 Å². The second-order valence-electron chi connectivity index (χ2n) is 4.62. The fourth-order valence-corrected chi connectivity index (χ4v) is 2.26. The van der Waals surface area contributed by atoms with Gasteiger partial charge in [-0.05, 0) is 24.6 Å². The lowest BCUT2D eigenvalue weighted by Crippen LogP contribution is -2.09. The lowest BCUT2D eigenvalue weighted by Gasteiger charge is -2.08. The van der Waals surface area contributed by atoms with Gasteiger partial charge in [-0.3, -0.25) is 0 Å². The third-order valence-corrected chi connectivity index (χ3v) is 3.24. The molecule has 0 N–H and O–H groups in total. The Labute approximate surface area is 118 Å². The molecule has 2 rings (SSSR count). The number of carbonyl (C=O) groups is 1. The smallest absolute Gasteiger partial charge is 0.337 e. The number of aromatic nitrogens is 2. The van der Waals surface area contributed by atoms with Crippen LogP contribution in [0.3, 0.4) is 0 Å². The van der Waals surface area contributed by atoms with E-state index >= 15 is 0 Å². The van der Waals surface area contributed by atoms with Crippen LogP contribution in [0.15, 0.2) is 18.2 Å². The molecule has 0 aliphatic heterocycles. The fourth-order valence-electron chi connectivity index (χ4n) is 2.26. The first-order valence-corrected chi connectivity index (χ1v) is 6.77. The van der Waals surface area contributed by atoms with Crippen LogP contribution in [0.2, 0.25) is 0 Å². The van der Waals surface area contributed by atoms with E-state index in [0.717, 1.165) is 36.2 Å². The Morgan fingerprint density at radius 1 is 1.35 bits per heavy atom. The molecule has 0 spiro atoms. The summed E-state index contributed by atoms with van der Waals surface area (Å²) in [5.74, 6) is 0.699. The average molecular weight is 276 g/mol. The lowest BCUT2D eigenvalue weighted by atomic mass is 10.2. The van der Waals surface area contributed by atoms with Gasteiger partial charge in [0.2, 0.25) is 0 Å². The normalized spacial score (nSPS) is 10.9. The van der Waals surface area contributed by atoms with Gasteiger partial charge < -0.3 is 14.0 Å². The van der Waals surface area contributed by atoms with Crippen molar-refractivity contribution in [1.29, 1.82) is 0 Å². The van der Waals surface area contributed by atoms with E-state index in [1.54, 1.807) is 13.2 Å². The number of benzene rings is 1. The maximum absolute atomic E-state index is 11.6. The molecule has 2 aromatic rings. The Bertz CT molecular complexity index is 604. The maximum atomic E-state index is 11.6. The monoisotopic (exact) mass is 276 g/mol. The summed E-state index contributed by atoms with van der Waals surface area (Å²) in [6.45, 7) is 3.47. The van der Waals surface area contributed by atoms with E-state index in [4.69, 9.17) is 9.47 Å². The summed E-state index contributed by atoms with van der Waals surface area (Å²) < 4.78 is 12.0. The zero-order valence-corrected chi connectivity index (χ0v) is 12.2. The van der Waals surface area contributed by atoms with Gasteiger partial charge in [0.1, 0.15) is 5.82 Å². The molecule has 0 bridgehead atoms. The van der Waals surface area contributed by atoms with Gasteiger partial charge in [-0.2, -0.15) is 0 Å². The lowest BCUT2D eigenvalue weighted by molar-refractivity contribution is 0.0601. The minimum Gasteiger partial charge on any atom is -0.465 e. The van der Waals surface area contributed by atoms with Crippen molar-refractivity contribution in [2.75, 3.05) is 20.8 Å². The molecule has 20 heavy (non-hydrogen) atoms. The minimum atomic E-state index is -0.330. The van der Waals surface area contributed by atoms with Crippen molar-refractivity contribution in [3.63, 3.8) is 0 Å². The first-order valence-electron chi connectivity index (χ1n) is 6.77. The highest BCUT2D eigenvalue weighted by atomic mass is 16.5. The number of fused-ring (bicyclic) bond motifs is 1. The molecule has 0 radical (unpaired) electrons. The first kappa shape index (κ1) is 14.5. The van der Waals surface area contributed by atoms with E-state index in [9.17, 15) is 4.79 Å². The second kappa shape index (κ2) is 6.52. The highest BCUT2D eigenvalue weighted by Gasteiger charge is 2.13. The standard InChI is InChI=1S/C15H20N2O3/c1-4-5-14-16-12-7-6-11(15(18)20-3)10-13(12)17(14)8-9-19-2/h6-7,10H,4-5,8-9H2,1-3H3. The number of rotatable bonds is 6. The Hall–Kier alpha value is -1.88. The van der Waals surface area contributed by atoms with Crippen molar-refractivity contribution in [2.45, 2.75) is 26.3 Å². The molecule has 0 unspecified atom stereocenters. The van der Waals surface area contributed by atoms with Gasteiger partial charge in [0.05, 0.1) is 30.3 Å². The molecular weight excluding hydrogens is 256 g/mol. The van der Waals surface area contributed by atoms with Crippen LogP contribution in [-0.4, -0.2) is 36.3 Å². The number of esters is 1. The molecule has 0 aliphatic carbocycles. The molecule has 1 aromatic heterocycles. The van der Waals surface area contributed by atoms with Crippen LogP contribution in [0.4, 0.5) is 0 Å². The zero-order valence-electron chi connectivity index (χ0n) is 12.2. The molecule has 0 fully saturated rings. The van der Waals surface area contributed by atoms with E-state index in [0.29, 0.717) is 12.2 Å². The quantitative estimate of drug-likeness (QED) is 0.760. The number of imidazole rings is 1. The van der Waals surface area contributed by atoms with Gasteiger partial charge in [0.15, 0.2) is 0 Å². The highest BCUT2D eigenvalue weighted by molar-refractivity contribution is 5.93. The summed E-state index contributed by atoms with van der Waals surface area (Å²) in [6, 6.07) is 5.45. The highest BCUT2D eigenvalue weighted by Crippen LogP contribution is 2.19. The van der Waals surface area contributed by atoms with Crippen molar-refractivity contribution in [3.05, 3.63) is 29.6 Å². The summed E-state index contributed by atoms with van der Waals surface area (Å²) in [5.41, 5.74) is 2.40. The number of hydrogen-bond acceptors (Lipinski definition) is 4. The summed E-state index contributed by atoms with van der Waals surface area (Å²) in [7, 11) is 3.07. The molecule has 5 nitrogen and oxygen atoms in total. The molecule has 5 heteroatoms. The maximum Gasteiger partial charge on any atom is 0.337 e. The molecule has 0 saturated carbocycles. The van der Waals surface area contributed by atoms with Crippen molar-refractivity contribution in [2.24, 2.45) is 0 Å². The predicted octanol–water partition coefficient (Wildman–Crippen LogP) is 2.42. The van der Waals surface area contributed by atoms with Crippen LogP contribution in [-0.2, 0) is 22.4 Å². The molecule has 1 heterocycles. The summed E-state index contributed by atoms with van der Waals surface area (Å²) >= 11 is 0. The summed E-state index contributed by atoms with van der Waals surface area (Å²) in [6.07, 6.45) is 1.94. The fraction of sp³-hybridized carbons (Fsp3) is 0.467. The van der Waals surface area contributed by atoms with Crippen LogP contribution >= 0.6 is 0 Å². The van der Waals surface area contributed by atoms with Gasteiger partial charge in [0, 0.05) is 20.1 Å². The Kier molecular flexibility index (Phi) is 4.74. The molecule has 0 amide bonds. The van der Waals surface area contributed by atoms with E-state index in [2.05, 4.69) is 16.5 Å². The van der Waals surface area contributed by atoms with E-state index in [1.165, 1.54) is 7.11 Å². The third kappa shape index (κ3) is 2.82. The van der Waals surface area contributed by atoms with Crippen LogP contribution in [0.1, 0.15) is 29.5 Å². The molecule has 1 aromatic carbocycles. The van der Waals surface area contributed by atoms with Crippen LogP contribution < -0.4 is 0 Å².